The highest BCUT2D eigenvalue weighted by atomic mass is 16.5. The Kier molecular flexibility index (Phi) is 4.46. The largest absolute Gasteiger partial charge is 0.368 e. The van der Waals surface area contributed by atoms with Gasteiger partial charge in [0.05, 0.1) is 11.2 Å². The molecule has 176 valence electrons. The molecule has 1 aromatic carbocycles. The second-order valence-corrected chi connectivity index (χ2v) is 12.9. The van der Waals surface area contributed by atoms with Crippen LogP contribution in [0, 0.1) is 23.2 Å². The van der Waals surface area contributed by atoms with Gasteiger partial charge in [-0.25, -0.2) is 0 Å². The number of pyridine rings is 1. The SMILES string of the molecule is CN(C)C1CCC2CC3CCC4(C)C(c5ccc6ccncc6c5)CCC4C34CCC2(C1)O4. The summed E-state index contributed by atoms with van der Waals surface area (Å²) in [5.74, 6) is 2.98. The number of nitrogens with zero attached hydrogens (tertiary/aromatic N) is 2. The minimum absolute atomic E-state index is 0.158. The molecule has 7 rings (SSSR count). The van der Waals surface area contributed by atoms with Crippen molar-refractivity contribution in [1.29, 1.82) is 0 Å². The Morgan fingerprint density at radius 2 is 1.85 bits per heavy atom. The van der Waals surface area contributed by atoms with E-state index in [1.807, 2.05) is 12.4 Å². The molecule has 8 unspecified atom stereocenters. The number of hydrogen-bond acceptors (Lipinski definition) is 3. The molecule has 1 aromatic heterocycles. The standard InChI is InChI=1S/C30H40N2O/c1-28-12-10-24-17-23-6-7-25(32(2)3)18-29(23)13-14-30(24,33-29)27(28)9-8-26(28)21-5-4-20-11-15-31-19-22(20)16-21/h4-5,11,15-16,19,23-27H,6-10,12-14,17-18H2,1-3H3. The number of rotatable bonds is 2. The van der Waals surface area contributed by atoms with E-state index in [0.29, 0.717) is 17.4 Å². The third kappa shape index (κ3) is 2.79. The molecular weight excluding hydrogens is 404 g/mol. The maximum atomic E-state index is 7.56. The Bertz CT molecular complexity index is 1080. The lowest BCUT2D eigenvalue weighted by atomic mass is 9.53. The van der Waals surface area contributed by atoms with Gasteiger partial charge in [-0.1, -0.05) is 19.1 Å². The van der Waals surface area contributed by atoms with Gasteiger partial charge >= 0.3 is 0 Å². The van der Waals surface area contributed by atoms with E-state index >= 15 is 0 Å². The van der Waals surface area contributed by atoms with Gasteiger partial charge in [0.15, 0.2) is 0 Å². The van der Waals surface area contributed by atoms with Crippen molar-refractivity contribution in [2.45, 2.75) is 94.3 Å². The van der Waals surface area contributed by atoms with Gasteiger partial charge in [-0.05, 0) is 130 Å². The van der Waals surface area contributed by atoms with E-state index in [1.54, 1.807) is 5.56 Å². The van der Waals surface area contributed by atoms with Crippen LogP contribution >= 0.6 is 0 Å². The van der Waals surface area contributed by atoms with Crippen molar-refractivity contribution in [2.24, 2.45) is 23.2 Å². The van der Waals surface area contributed by atoms with Crippen LogP contribution in [0.4, 0.5) is 0 Å². The van der Waals surface area contributed by atoms with Crippen LogP contribution in [-0.4, -0.2) is 41.2 Å². The smallest absolute Gasteiger partial charge is 0.0752 e. The van der Waals surface area contributed by atoms with E-state index in [1.165, 1.54) is 75.0 Å². The number of aromatic nitrogens is 1. The average Bonchev–Trinajstić information content (AvgIpc) is 3.33. The molecule has 3 heterocycles. The highest BCUT2D eigenvalue weighted by Gasteiger charge is 2.70. The monoisotopic (exact) mass is 444 g/mol. The molecule has 5 fully saturated rings. The summed E-state index contributed by atoms with van der Waals surface area (Å²) in [6.45, 7) is 2.64. The van der Waals surface area contributed by atoms with E-state index in [4.69, 9.17) is 4.74 Å². The molecule has 2 bridgehead atoms. The molecule has 33 heavy (non-hydrogen) atoms. The topological polar surface area (TPSA) is 25.4 Å². The second-order valence-electron chi connectivity index (χ2n) is 12.9. The fourth-order valence-electron chi connectivity index (χ4n) is 9.88. The van der Waals surface area contributed by atoms with Crippen molar-refractivity contribution in [3.05, 3.63) is 42.2 Å². The van der Waals surface area contributed by atoms with E-state index < -0.39 is 0 Å². The van der Waals surface area contributed by atoms with Crippen LogP contribution in [0.25, 0.3) is 10.8 Å². The van der Waals surface area contributed by atoms with E-state index in [0.717, 1.165) is 17.8 Å². The summed E-state index contributed by atoms with van der Waals surface area (Å²) < 4.78 is 7.56. The minimum Gasteiger partial charge on any atom is -0.368 e. The van der Waals surface area contributed by atoms with Crippen LogP contribution in [0.15, 0.2) is 36.7 Å². The molecule has 0 radical (unpaired) electrons. The first kappa shape index (κ1) is 20.9. The van der Waals surface area contributed by atoms with Gasteiger partial charge in [0, 0.05) is 23.8 Å². The van der Waals surface area contributed by atoms with Crippen molar-refractivity contribution in [2.75, 3.05) is 14.1 Å². The zero-order chi connectivity index (χ0) is 22.4. The van der Waals surface area contributed by atoms with Gasteiger partial charge < -0.3 is 9.64 Å². The molecule has 2 saturated heterocycles. The van der Waals surface area contributed by atoms with Gasteiger partial charge in [-0.3, -0.25) is 4.98 Å². The van der Waals surface area contributed by atoms with Gasteiger partial charge in [0.25, 0.3) is 0 Å². The number of hydrogen-bond donors (Lipinski definition) is 0. The first-order valence-corrected chi connectivity index (χ1v) is 13.6. The first-order valence-electron chi connectivity index (χ1n) is 13.6. The minimum atomic E-state index is 0.158. The van der Waals surface area contributed by atoms with E-state index in [9.17, 15) is 0 Å². The van der Waals surface area contributed by atoms with Crippen molar-refractivity contribution in [3.63, 3.8) is 0 Å². The summed E-state index contributed by atoms with van der Waals surface area (Å²) in [5, 5.41) is 2.60. The first-order chi connectivity index (χ1) is 15.9. The van der Waals surface area contributed by atoms with Gasteiger partial charge in [0.2, 0.25) is 0 Å². The zero-order valence-electron chi connectivity index (χ0n) is 20.7. The van der Waals surface area contributed by atoms with E-state index in [-0.39, 0.29) is 11.2 Å². The molecule has 2 spiro atoms. The van der Waals surface area contributed by atoms with Gasteiger partial charge in [0.1, 0.15) is 0 Å². The Balaban J connectivity index is 1.23. The maximum Gasteiger partial charge on any atom is 0.0752 e. The lowest BCUT2D eigenvalue weighted by Gasteiger charge is -2.61. The molecule has 3 saturated carbocycles. The Morgan fingerprint density at radius 1 is 0.939 bits per heavy atom. The number of benzene rings is 1. The number of fused-ring (bicyclic) bond motifs is 2. The van der Waals surface area contributed by atoms with Crippen molar-refractivity contribution >= 4 is 10.8 Å². The van der Waals surface area contributed by atoms with Crippen LogP contribution in [0.5, 0.6) is 0 Å². The molecular formula is C30H40N2O. The van der Waals surface area contributed by atoms with Crippen LogP contribution < -0.4 is 0 Å². The third-order valence-electron chi connectivity index (χ3n) is 11.5. The summed E-state index contributed by atoms with van der Waals surface area (Å²) in [4.78, 5) is 6.86. The number of ether oxygens (including phenoxy) is 1. The van der Waals surface area contributed by atoms with Crippen molar-refractivity contribution < 1.29 is 4.74 Å². The second kappa shape index (κ2) is 7.04. The maximum absolute atomic E-state index is 7.56. The van der Waals surface area contributed by atoms with Crippen molar-refractivity contribution in [3.8, 4) is 0 Å². The summed E-state index contributed by atoms with van der Waals surface area (Å²) in [6.07, 6.45) is 17.5. The van der Waals surface area contributed by atoms with Gasteiger partial charge in [-0.15, -0.1) is 0 Å². The molecule has 3 heteroatoms. The molecule has 0 N–H and O–H groups in total. The van der Waals surface area contributed by atoms with Gasteiger partial charge in [-0.2, -0.15) is 0 Å². The lowest BCUT2D eigenvalue weighted by molar-refractivity contribution is -0.260. The summed E-state index contributed by atoms with van der Waals surface area (Å²) >= 11 is 0. The molecule has 2 aliphatic heterocycles. The Labute approximate surface area is 199 Å². The molecule has 3 nitrogen and oxygen atoms in total. The predicted octanol–water partition coefficient (Wildman–Crippen LogP) is 6.57. The third-order valence-corrected chi connectivity index (χ3v) is 11.5. The fourth-order valence-corrected chi connectivity index (χ4v) is 9.88. The summed E-state index contributed by atoms with van der Waals surface area (Å²) in [7, 11) is 4.55. The van der Waals surface area contributed by atoms with Crippen LogP contribution in [0.2, 0.25) is 0 Å². The van der Waals surface area contributed by atoms with Crippen LogP contribution in [0.3, 0.4) is 0 Å². The summed E-state index contributed by atoms with van der Waals surface area (Å²) in [6, 6.07) is 10.0. The predicted molar refractivity (Wildman–Crippen MR) is 133 cm³/mol. The Hall–Kier alpha value is -1.45. The molecule has 3 aliphatic carbocycles. The van der Waals surface area contributed by atoms with E-state index in [2.05, 4.69) is 55.2 Å². The van der Waals surface area contributed by atoms with Crippen LogP contribution in [-0.2, 0) is 4.74 Å². The lowest BCUT2D eigenvalue weighted by Crippen LogP contribution is -2.62. The normalized spacial score (nSPS) is 46.2. The average molecular weight is 445 g/mol. The zero-order valence-corrected chi connectivity index (χ0v) is 20.7. The highest BCUT2D eigenvalue weighted by molar-refractivity contribution is 5.82. The molecule has 0 amide bonds. The van der Waals surface area contributed by atoms with Crippen molar-refractivity contribution in [1.82, 2.24) is 9.88 Å². The molecule has 8 atom stereocenters. The molecule has 2 aromatic rings. The molecule has 5 aliphatic rings. The quantitative estimate of drug-likeness (QED) is 0.524. The Morgan fingerprint density at radius 3 is 2.73 bits per heavy atom. The summed E-state index contributed by atoms with van der Waals surface area (Å²) in [5.41, 5.74) is 2.24. The fraction of sp³-hybridized carbons (Fsp3) is 0.700. The van der Waals surface area contributed by atoms with Crippen LogP contribution in [0.1, 0.15) is 82.6 Å². The highest BCUT2D eigenvalue weighted by Crippen LogP contribution is 2.72.